The van der Waals surface area contributed by atoms with Crippen molar-refractivity contribution in [1.29, 1.82) is 0 Å². The smallest absolute Gasteiger partial charge is 0.244 e. The molecule has 2 aromatic carbocycles. The molecule has 0 heterocycles. The van der Waals surface area contributed by atoms with E-state index in [2.05, 4.69) is 0 Å². The van der Waals surface area contributed by atoms with Gasteiger partial charge in [0.05, 0.1) is 11.4 Å². The molecule has 0 aliphatic rings. The summed E-state index contributed by atoms with van der Waals surface area (Å²) in [5.41, 5.74) is 7.58. The van der Waals surface area contributed by atoms with Gasteiger partial charge in [-0.15, -0.1) is 0 Å². The van der Waals surface area contributed by atoms with Crippen LogP contribution < -0.4 is 5.73 Å². The molecule has 128 valence electrons. The lowest BCUT2D eigenvalue weighted by atomic mass is 10.1. The zero-order valence-corrected chi connectivity index (χ0v) is 14.9. The number of rotatable bonds is 6. The molecule has 0 bridgehead atoms. The Morgan fingerprint density at radius 1 is 1.12 bits per heavy atom. The van der Waals surface area contributed by atoms with Crippen LogP contribution in [-0.4, -0.2) is 25.2 Å². The van der Waals surface area contributed by atoms with Crippen LogP contribution in [0.5, 0.6) is 0 Å². The van der Waals surface area contributed by atoms with Crippen molar-refractivity contribution in [1.82, 2.24) is 4.31 Å². The molecule has 0 saturated heterocycles. The Morgan fingerprint density at radius 2 is 1.75 bits per heavy atom. The number of carbonyl (C=O) groups is 1. The standard InChI is InChI=1S/C18H22N2O3S/c1-13-9-10-14(2)17(11-13)24(22,23)20(12-18(19)21)15(3)16-7-5-4-6-8-16/h4-11,15H,12H2,1-3H3,(H2,19,21)/t15-/m0/s1. The molecule has 0 spiro atoms. The minimum Gasteiger partial charge on any atom is -0.369 e. The molecule has 2 N–H and O–H groups in total. The average molecular weight is 346 g/mol. The summed E-state index contributed by atoms with van der Waals surface area (Å²) in [5, 5.41) is 0. The van der Waals surface area contributed by atoms with Crippen molar-refractivity contribution >= 4 is 15.9 Å². The van der Waals surface area contributed by atoms with Crippen LogP contribution in [0.1, 0.15) is 29.7 Å². The van der Waals surface area contributed by atoms with Crippen molar-refractivity contribution in [2.24, 2.45) is 5.73 Å². The SMILES string of the molecule is Cc1ccc(C)c(S(=O)(=O)N(CC(N)=O)[C@@H](C)c2ccccc2)c1. The third-order valence-corrected chi connectivity index (χ3v) is 6.01. The van der Waals surface area contributed by atoms with Crippen molar-refractivity contribution in [3.63, 3.8) is 0 Å². The first-order valence-corrected chi connectivity index (χ1v) is 9.10. The second-order valence-electron chi connectivity index (χ2n) is 5.87. The number of carbonyl (C=O) groups excluding carboxylic acids is 1. The van der Waals surface area contributed by atoms with Crippen molar-refractivity contribution in [2.45, 2.75) is 31.7 Å². The van der Waals surface area contributed by atoms with Gasteiger partial charge in [-0.05, 0) is 43.5 Å². The molecule has 2 aromatic rings. The topological polar surface area (TPSA) is 80.5 Å². The van der Waals surface area contributed by atoms with Crippen molar-refractivity contribution in [3.8, 4) is 0 Å². The number of primary amides is 1. The van der Waals surface area contributed by atoms with Crippen LogP contribution >= 0.6 is 0 Å². The molecule has 0 aliphatic heterocycles. The van der Waals surface area contributed by atoms with Gasteiger partial charge in [0, 0.05) is 6.04 Å². The first-order valence-electron chi connectivity index (χ1n) is 7.66. The first kappa shape index (κ1) is 18.2. The lowest BCUT2D eigenvalue weighted by Crippen LogP contribution is -2.40. The Labute approximate surface area is 143 Å². The Hall–Kier alpha value is -2.18. The zero-order valence-electron chi connectivity index (χ0n) is 14.1. The van der Waals surface area contributed by atoms with Gasteiger partial charge in [0.1, 0.15) is 0 Å². The van der Waals surface area contributed by atoms with E-state index in [4.69, 9.17) is 5.73 Å². The molecule has 1 atom stereocenters. The minimum absolute atomic E-state index is 0.200. The second kappa shape index (κ2) is 7.15. The van der Waals surface area contributed by atoms with Gasteiger partial charge in [-0.3, -0.25) is 4.79 Å². The van der Waals surface area contributed by atoms with Gasteiger partial charge in [-0.25, -0.2) is 8.42 Å². The lowest BCUT2D eigenvalue weighted by molar-refractivity contribution is -0.118. The van der Waals surface area contributed by atoms with E-state index in [1.54, 1.807) is 26.0 Å². The molecule has 0 unspecified atom stereocenters. The maximum absolute atomic E-state index is 13.2. The van der Waals surface area contributed by atoms with E-state index >= 15 is 0 Å². The van der Waals surface area contributed by atoms with Gasteiger partial charge in [-0.1, -0.05) is 42.5 Å². The summed E-state index contributed by atoms with van der Waals surface area (Å²) < 4.78 is 27.5. The average Bonchev–Trinajstić information content (AvgIpc) is 2.54. The van der Waals surface area contributed by atoms with Crippen LogP contribution in [0.15, 0.2) is 53.4 Å². The minimum atomic E-state index is -3.86. The number of hydrogen-bond donors (Lipinski definition) is 1. The molecule has 5 nitrogen and oxygen atoms in total. The highest BCUT2D eigenvalue weighted by atomic mass is 32.2. The Morgan fingerprint density at radius 3 is 2.33 bits per heavy atom. The predicted octanol–water partition coefficient (Wildman–Crippen LogP) is 2.54. The monoisotopic (exact) mass is 346 g/mol. The summed E-state index contributed by atoms with van der Waals surface area (Å²) in [6.45, 7) is 4.95. The highest BCUT2D eigenvalue weighted by Gasteiger charge is 2.32. The third-order valence-electron chi connectivity index (χ3n) is 3.96. The number of benzene rings is 2. The van der Waals surface area contributed by atoms with E-state index in [-0.39, 0.29) is 11.4 Å². The van der Waals surface area contributed by atoms with Crippen molar-refractivity contribution in [3.05, 3.63) is 65.2 Å². The van der Waals surface area contributed by atoms with E-state index in [9.17, 15) is 13.2 Å². The zero-order chi connectivity index (χ0) is 17.9. The van der Waals surface area contributed by atoms with Gasteiger partial charge in [-0.2, -0.15) is 4.31 Å². The number of sulfonamides is 1. The highest BCUT2D eigenvalue weighted by molar-refractivity contribution is 7.89. The van der Waals surface area contributed by atoms with E-state index < -0.39 is 22.0 Å². The Kier molecular flexibility index (Phi) is 5.41. The number of hydrogen-bond acceptors (Lipinski definition) is 3. The summed E-state index contributed by atoms with van der Waals surface area (Å²) in [7, 11) is -3.86. The molecule has 2 rings (SSSR count). The summed E-state index contributed by atoms with van der Waals surface area (Å²) in [4.78, 5) is 11.7. The summed E-state index contributed by atoms with van der Waals surface area (Å²) in [6.07, 6.45) is 0. The Bertz CT molecular complexity index is 833. The lowest BCUT2D eigenvalue weighted by Gasteiger charge is -2.28. The van der Waals surface area contributed by atoms with Gasteiger partial charge < -0.3 is 5.73 Å². The van der Waals surface area contributed by atoms with Crippen LogP contribution in [-0.2, 0) is 14.8 Å². The van der Waals surface area contributed by atoms with Crippen LogP contribution in [0.25, 0.3) is 0 Å². The number of aryl methyl sites for hydroxylation is 2. The first-order chi connectivity index (χ1) is 11.2. The highest BCUT2D eigenvalue weighted by Crippen LogP contribution is 2.29. The van der Waals surface area contributed by atoms with Gasteiger partial charge in [0.15, 0.2) is 0 Å². The molecule has 1 amide bonds. The maximum Gasteiger partial charge on any atom is 0.244 e. The van der Waals surface area contributed by atoms with Gasteiger partial charge in [0.2, 0.25) is 15.9 Å². The normalized spacial score (nSPS) is 13.0. The molecule has 0 aliphatic carbocycles. The molecule has 0 saturated carbocycles. The second-order valence-corrected chi connectivity index (χ2v) is 7.73. The van der Waals surface area contributed by atoms with Crippen LogP contribution in [0, 0.1) is 13.8 Å². The quantitative estimate of drug-likeness (QED) is 0.873. The molecule has 0 fully saturated rings. The molecule has 6 heteroatoms. The predicted molar refractivity (Wildman–Crippen MR) is 93.9 cm³/mol. The number of nitrogens with zero attached hydrogens (tertiary/aromatic N) is 1. The fourth-order valence-corrected chi connectivity index (χ4v) is 4.49. The molecule has 0 aromatic heterocycles. The van der Waals surface area contributed by atoms with Crippen LogP contribution in [0.3, 0.4) is 0 Å². The van der Waals surface area contributed by atoms with E-state index in [0.29, 0.717) is 5.56 Å². The Balaban J connectivity index is 2.54. The summed E-state index contributed by atoms with van der Waals surface area (Å²) >= 11 is 0. The van der Waals surface area contributed by atoms with Gasteiger partial charge in [0.25, 0.3) is 0 Å². The van der Waals surface area contributed by atoms with Crippen LogP contribution in [0.2, 0.25) is 0 Å². The van der Waals surface area contributed by atoms with E-state index in [1.807, 2.05) is 43.3 Å². The molecule has 0 radical (unpaired) electrons. The number of amides is 1. The number of nitrogens with two attached hydrogens (primary N) is 1. The molecular weight excluding hydrogens is 324 g/mol. The van der Waals surface area contributed by atoms with Gasteiger partial charge >= 0.3 is 0 Å². The van der Waals surface area contributed by atoms with Crippen LogP contribution in [0.4, 0.5) is 0 Å². The third kappa shape index (κ3) is 3.83. The summed E-state index contributed by atoms with van der Waals surface area (Å²) in [6, 6.07) is 13.9. The maximum atomic E-state index is 13.2. The summed E-state index contributed by atoms with van der Waals surface area (Å²) in [5.74, 6) is -0.688. The van der Waals surface area contributed by atoms with E-state index in [1.165, 1.54) is 0 Å². The van der Waals surface area contributed by atoms with E-state index in [0.717, 1.165) is 15.4 Å². The fraction of sp³-hybridized carbons (Fsp3) is 0.278. The largest absolute Gasteiger partial charge is 0.369 e. The fourth-order valence-electron chi connectivity index (χ4n) is 2.59. The van der Waals surface area contributed by atoms with Crippen molar-refractivity contribution < 1.29 is 13.2 Å². The molecular formula is C18H22N2O3S. The molecule has 24 heavy (non-hydrogen) atoms. The van der Waals surface area contributed by atoms with Crippen molar-refractivity contribution in [2.75, 3.05) is 6.54 Å².